The molecule has 0 aromatic carbocycles. The molecular weight excluding hydrogens is 224 g/mol. The highest BCUT2D eigenvalue weighted by Gasteiger charge is 2.13. The quantitative estimate of drug-likeness (QED) is 0.885. The van der Waals surface area contributed by atoms with E-state index in [1.54, 1.807) is 12.4 Å². The summed E-state index contributed by atoms with van der Waals surface area (Å²) in [6, 6.07) is 3.82. The summed E-state index contributed by atoms with van der Waals surface area (Å²) in [5, 5.41) is 3.70. The van der Waals surface area contributed by atoms with Gasteiger partial charge in [-0.3, -0.25) is 4.98 Å². The number of hydrogen-bond acceptors (Lipinski definition) is 3. The van der Waals surface area contributed by atoms with Crippen molar-refractivity contribution in [1.29, 1.82) is 0 Å². The van der Waals surface area contributed by atoms with Crippen LogP contribution in [-0.2, 0) is 13.6 Å². The normalized spacial score (nSPS) is 10.7. The van der Waals surface area contributed by atoms with Gasteiger partial charge >= 0.3 is 0 Å². The van der Waals surface area contributed by atoms with Gasteiger partial charge in [-0.2, -0.15) is 0 Å². The van der Waals surface area contributed by atoms with E-state index in [1.807, 2.05) is 30.8 Å². The maximum atomic E-state index is 6.23. The van der Waals surface area contributed by atoms with E-state index in [2.05, 4.69) is 15.3 Å². The smallest absolute Gasteiger partial charge is 0.136 e. The van der Waals surface area contributed by atoms with Crippen molar-refractivity contribution >= 4 is 11.6 Å². The molecule has 2 aromatic rings. The number of imidazole rings is 1. The average molecular weight is 237 g/mol. The van der Waals surface area contributed by atoms with E-state index in [-0.39, 0.29) is 0 Å². The molecule has 0 saturated heterocycles. The summed E-state index contributed by atoms with van der Waals surface area (Å²) in [6.07, 6.45) is 3.49. The molecule has 1 N–H and O–H groups in total. The van der Waals surface area contributed by atoms with Crippen molar-refractivity contribution in [3.05, 3.63) is 35.5 Å². The van der Waals surface area contributed by atoms with Crippen LogP contribution in [0.3, 0.4) is 0 Å². The minimum atomic E-state index is 0.637. The Morgan fingerprint density at radius 2 is 2.31 bits per heavy atom. The summed E-state index contributed by atoms with van der Waals surface area (Å²) in [5.41, 5.74) is 1.72. The fraction of sp³-hybridized carbons (Fsp3) is 0.273. The summed E-state index contributed by atoms with van der Waals surface area (Å²) in [5.74, 6) is 0.909. The lowest BCUT2D eigenvalue weighted by atomic mass is 10.2. The summed E-state index contributed by atoms with van der Waals surface area (Å²) in [4.78, 5) is 8.56. The topological polar surface area (TPSA) is 42.7 Å². The van der Waals surface area contributed by atoms with E-state index in [0.717, 1.165) is 17.1 Å². The maximum absolute atomic E-state index is 6.23. The van der Waals surface area contributed by atoms with Gasteiger partial charge in [0.1, 0.15) is 16.7 Å². The summed E-state index contributed by atoms with van der Waals surface area (Å²) >= 11 is 6.23. The molecule has 4 nitrogen and oxygen atoms in total. The SMILES string of the molecule is CNCc1nc(-c2cccnc2)c(Cl)n1C. The van der Waals surface area contributed by atoms with Gasteiger partial charge in [0, 0.05) is 25.0 Å². The van der Waals surface area contributed by atoms with Crippen LogP contribution in [0, 0.1) is 0 Å². The number of aromatic nitrogens is 3. The number of pyridine rings is 1. The van der Waals surface area contributed by atoms with Crippen molar-refractivity contribution in [1.82, 2.24) is 19.9 Å². The fourth-order valence-electron chi connectivity index (χ4n) is 1.53. The summed E-state index contributed by atoms with van der Waals surface area (Å²) < 4.78 is 1.88. The van der Waals surface area contributed by atoms with Crippen LogP contribution in [0.25, 0.3) is 11.3 Å². The van der Waals surface area contributed by atoms with E-state index in [0.29, 0.717) is 11.7 Å². The van der Waals surface area contributed by atoms with Gasteiger partial charge in [-0.25, -0.2) is 4.98 Å². The minimum absolute atomic E-state index is 0.637. The fourth-order valence-corrected chi connectivity index (χ4v) is 1.77. The predicted molar refractivity (Wildman–Crippen MR) is 64.2 cm³/mol. The van der Waals surface area contributed by atoms with E-state index < -0.39 is 0 Å². The predicted octanol–water partition coefficient (Wildman–Crippen LogP) is 1.85. The third-order valence-electron chi connectivity index (χ3n) is 2.39. The molecule has 0 spiro atoms. The molecule has 0 unspecified atom stereocenters. The maximum Gasteiger partial charge on any atom is 0.136 e. The van der Waals surface area contributed by atoms with E-state index in [1.165, 1.54) is 0 Å². The van der Waals surface area contributed by atoms with Gasteiger partial charge in [0.15, 0.2) is 0 Å². The molecule has 16 heavy (non-hydrogen) atoms. The molecule has 2 heterocycles. The molecule has 0 radical (unpaired) electrons. The molecule has 0 atom stereocenters. The Balaban J connectivity index is 2.46. The Bertz CT molecular complexity index is 478. The molecular formula is C11H13ClN4. The zero-order valence-corrected chi connectivity index (χ0v) is 9.99. The molecule has 0 fully saturated rings. The molecule has 0 aliphatic heterocycles. The number of hydrogen-bond donors (Lipinski definition) is 1. The van der Waals surface area contributed by atoms with Crippen molar-refractivity contribution in [2.75, 3.05) is 7.05 Å². The number of nitrogens with zero attached hydrogens (tertiary/aromatic N) is 3. The van der Waals surface area contributed by atoms with Crippen molar-refractivity contribution in [3.63, 3.8) is 0 Å². The van der Waals surface area contributed by atoms with Crippen molar-refractivity contribution in [2.45, 2.75) is 6.54 Å². The third-order valence-corrected chi connectivity index (χ3v) is 2.82. The Labute approximate surface area is 99.3 Å². The van der Waals surface area contributed by atoms with Crippen LogP contribution in [0.2, 0.25) is 5.15 Å². The highest BCUT2D eigenvalue weighted by atomic mass is 35.5. The van der Waals surface area contributed by atoms with Gasteiger partial charge in [0.05, 0.1) is 6.54 Å². The minimum Gasteiger partial charge on any atom is -0.321 e. The molecule has 0 saturated carbocycles. The van der Waals surface area contributed by atoms with Gasteiger partial charge in [-0.05, 0) is 19.2 Å². The van der Waals surface area contributed by atoms with Gasteiger partial charge in [-0.1, -0.05) is 11.6 Å². The largest absolute Gasteiger partial charge is 0.321 e. The average Bonchev–Trinajstić information content (AvgIpc) is 2.59. The van der Waals surface area contributed by atoms with E-state index in [4.69, 9.17) is 11.6 Å². The number of nitrogens with one attached hydrogen (secondary N) is 1. The number of halogens is 1. The Morgan fingerprint density at radius 3 is 2.94 bits per heavy atom. The third kappa shape index (κ3) is 1.94. The van der Waals surface area contributed by atoms with Crippen molar-refractivity contribution < 1.29 is 0 Å². The molecule has 2 rings (SSSR count). The zero-order chi connectivity index (χ0) is 11.5. The van der Waals surface area contributed by atoms with Crippen LogP contribution in [0.1, 0.15) is 5.82 Å². The van der Waals surface area contributed by atoms with Crippen LogP contribution in [0.15, 0.2) is 24.5 Å². The second-order valence-electron chi connectivity index (χ2n) is 3.50. The van der Waals surface area contributed by atoms with Crippen molar-refractivity contribution in [3.8, 4) is 11.3 Å². The highest BCUT2D eigenvalue weighted by Crippen LogP contribution is 2.26. The first-order valence-electron chi connectivity index (χ1n) is 5.00. The second-order valence-corrected chi connectivity index (χ2v) is 3.86. The Hall–Kier alpha value is -1.39. The number of rotatable bonds is 3. The molecule has 0 aliphatic rings. The van der Waals surface area contributed by atoms with Crippen LogP contribution >= 0.6 is 11.6 Å². The van der Waals surface area contributed by atoms with E-state index in [9.17, 15) is 0 Å². The molecule has 0 aliphatic carbocycles. The molecule has 0 bridgehead atoms. The lowest BCUT2D eigenvalue weighted by molar-refractivity contribution is 0.710. The van der Waals surface area contributed by atoms with Gasteiger partial charge in [0.2, 0.25) is 0 Å². The van der Waals surface area contributed by atoms with Crippen LogP contribution < -0.4 is 5.32 Å². The summed E-state index contributed by atoms with van der Waals surface area (Å²) in [7, 11) is 3.79. The lowest BCUT2D eigenvalue weighted by Crippen LogP contribution is -2.10. The van der Waals surface area contributed by atoms with Gasteiger partial charge in [-0.15, -0.1) is 0 Å². The van der Waals surface area contributed by atoms with Crippen LogP contribution in [0.5, 0.6) is 0 Å². The van der Waals surface area contributed by atoms with Gasteiger partial charge < -0.3 is 9.88 Å². The van der Waals surface area contributed by atoms with E-state index >= 15 is 0 Å². The lowest BCUT2D eigenvalue weighted by Gasteiger charge is -1.99. The molecule has 0 amide bonds. The molecule has 5 heteroatoms. The van der Waals surface area contributed by atoms with Crippen molar-refractivity contribution in [2.24, 2.45) is 7.05 Å². The summed E-state index contributed by atoms with van der Waals surface area (Å²) in [6.45, 7) is 0.691. The van der Waals surface area contributed by atoms with Gasteiger partial charge in [0.25, 0.3) is 0 Å². The van der Waals surface area contributed by atoms with Crippen LogP contribution in [-0.4, -0.2) is 21.6 Å². The first kappa shape index (κ1) is 11.1. The van der Waals surface area contributed by atoms with Crippen LogP contribution in [0.4, 0.5) is 0 Å². The Kier molecular flexibility index (Phi) is 3.22. The highest BCUT2D eigenvalue weighted by molar-refractivity contribution is 6.32. The second kappa shape index (κ2) is 4.63. The Morgan fingerprint density at radius 1 is 1.50 bits per heavy atom. The molecule has 2 aromatic heterocycles. The first-order valence-corrected chi connectivity index (χ1v) is 5.38. The monoisotopic (exact) mass is 236 g/mol. The zero-order valence-electron chi connectivity index (χ0n) is 9.24. The molecule has 84 valence electrons. The standard InChI is InChI=1S/C11H13ClN4/c1-13-7-9-15-10(11(12)16(9)2)8-4-3-5-14-6-8/h3-6,13H,7H2,1-2H3. The first-order chi connectivity index (χ1) is 7.74.